The van der Waals surface area contributed by atoms with Gasteiger partial charge in [0.25, 0.3) is 0 Å². The van der Waals surface area contributed by atoms with Crippen LogP contribution in [0.5, 0.6) is 0 Å². The molecule has 0 bridgehead atoms. The van der Waals surface area contributed by atoms with Crippen LogP contribution in [0.4, 0.5) is 5.69 Å². The standard InChI is InChI=1S/C19H17Cl2N/c1-11-9-12(20)10-16-13-6-4-7-14(13)19(22-18(11)16)15-5-2-3-8-17(15)21/h2-6,8-10,13-14,19,22H,7H2,1H3/t13-,14+,19+/m1/s1. The first-order valence-electron chi connectivity index (χ1n) is 7.63. The van der Waals surface area contributed by atoms with E-state index in [-0.39, 0.29) is 6.04 Å². The van der Waals surface area contributed by atoms with Crippen LogP contribution < -0.4 is 5.32 Å². The average Bonchev–Trinajstić information content (AvgIpc) is 2.97. The monoisotopic (exact) mass is 329 g/mol. The van der Waals surface area contributed by atoms with Crippen LogP contribution in [-0.2, 0) is 0 Å². The van der Waals surface area contributed by atoms with E-state index in [9.17, 15) is 0 Å². The molecule has 22 heavy (non-hydrogen) atoms. The molecule has 4 rings (SSSR count). The Balaban J connectivity index is 1.86. The number of fused-ring (bicyclic) bond motifs is 3. The first-order chi connectivity index (χ1) is 10.6. The minimum absolute atomic E-state index is 0.237. The van der Waals surface area contributed by atoms with E-state index in [1.165, 1.54) is 22.4 Å². The molecule has 112 valence electrons. The van der Waals surface area contributed by atoms with Crippen molar-refractivity contribution in [1.29, 1.82) is 0 Å². The van der Waals surface area contributed by atoms with Crippen LogP contribution in [0, 0.1) is 12.8 Å². The minimum Gasteiger partial charge on any atom is -0.377 e. The highest BCUT2D eigenvalue weighted by atomic mass is 35.5. The molecule has 0 fully saturated rings. The zero-order valence-electron chi connectivity index (χ0n) is 12.3. The number of benzene rings is 2. The molecule has 0 aromatic heterocycles. The summed E-state index contributed by atoms with van der Waals surface area (Å²) < 4.78 is 0. The van der Waals surface area contributed by atoms with E-state index < -0.39 is 0 Å². The number of hydrogen-bond acceptors (Lipinski definition) is 1. The Labute approximate surface area is 140 Å². The Morgan fingerprint density at radius 1 is 1.09 bits per heavy atom. The third-order valence-corrected chi connectivity index (χ3v) is 5.43. The van der Waals surface area contributed by atoms with E-state index in [4.69, 9.17) is 23.2 Å². The van der Waals surface area contributed by atoms with Crippen molar-refractivity contribution in [1.82, 2.24) is 0 Å². The van der Waals surface area contributed by atoms with Crippen LogP contribution >= 0.6 is 23.2 Å². The Kier molecular flexibility index (Phi) is 3.43. The van der Waals surface area contributed by atoms with Gasteiger partial charge in [-0.15, -0.1) is 0 Å². The van der Waals surface area contributed by atoms with Gasteiger partial charge in [0.1, 0.15) is 0 Å². The molecule has 0 unspecified atom stereocenters. The maximum atomic E-state index is 6.46. The van der Waals surface area contributed by atoms with E-state index in [0.29, 0.717) is 11.8 Å². The molecule has 1 aliphatic carbocycles. The van der Waals surface area contributed by atoms with Crippen LogP contribution in [0.25, 0.3) is 0 Å². The molecule has 2 aromatic rings. The molecule has 2 aromatic carbocycles. The van der Waals surface area contributed by atoms with E-state index in [0.717, 1.165) is 16.5 Å². The van der Waals surface area contributed by atoms with Gasteiger partial charge in [-0.25, -0.2) is 0 Å². The highest BCUT2D eigenvalue weighted by Gasteiger charge is 2.39. The maximum Gasteiger partial charge on any atom is 0.0568 e. The number of halogens is 2. The lowest BCUT2D eigenvalue weighted by atomic mass is 9.76. The second kappa shape index (κ2) is 5.33. The molecule has 0 radical (unpaired) electrons. The first kappa shape index (κ1) is 14.2. The van der Waals surface area contributed by atoms with E-state index in [1.54, 1.807) is 0 Å². The molecule has 3 atom stereocenters. The van der Waals surface area contributed by atoms with Crippen LogP contribution in [0.2, 0.25) is 10.0 Å². The van der Waals surface area contributed by atoms with Gasteiger partial charge >= 0.3 is 0 Å². The zero-order chi connectivity index (χ0) is 15.3. The molecule has 1 aliphatic heterocycles. The van der Waals surface area contributed by atoms with E-state index in [1.807, 2.05) is 18.2 Å². The quantitative estimate of drug-likeness (QED) is 0.620. The molecule has 1 heterocycles. The van der Waals surface area contributed by atoms with Gasteiger partial charge in [0, 0.05) is 21.7 Å². The number of allylic oxidation sites excluding steroid dienone is 2. The van der Waals surface area contributed by atoms with E-state index >= 15 is 0 Å². The first-order valence-corrected chi connectivity index (χ1v) is 8.38. The molecule has 3 heteroatoms. The summed E-state index contributed by atoms with van der Waals surface area (Å²) in [5.41, 5.74) is 4.90. The second-order valence-electron chi connectivity index (χ2n) is 6.18. The summed E-state index contributed by atoms with van der Waals surface area (Å²) in [5, 5.41) is 5.39. The highest BCUT2D eigenvalue weighted by molar-refractivity contribution is 6.31. The number of hydrogen-bond donors (Lipinski definition) is 1. The molecule has 0 spiro atoms. The summed E-state index contributed by atoms with van der Waals surface area (Å²) in [4.78, 5) is 0. The fraction of sp³-hybridized carbons (Fsp3) is 0.263. The van der Waals surface area contributed by atoms with Gasteiger partial charge in [-0.05, 0) is 54.2 Å². The third-order valence-electron chi connectivity index (χ3n) is 4.87. The molecule has 0 saturated carbocycles. The molecular weight excluding hydrogens is 313 g/mol. The van der Waals surface area contributed by atoms with Gasteiger partial charge in [-0.2, -0.15) is 0 Å². The number of nitrogens with one attached hydrogen (secondary N) is 1. The van der Waals surface area contributed by atoms with Crippen molar-refractivity contribution in [2.45, 2.75) is 25.3 Å². The Bertz CT molecular complexity index is 766. The van der Waals surface area contributed by atoms with Crippen molar-refractivity contribution in [3.05, 3.63) is 75.3 Å². The fourth-order valence-electron chi connectivity index (χ4n) is 3.88. The molecule has 2 aliphatic rings. The SMILES string of the molecule is Cc1cc(Cl)cc2c1N[C@H](c1ccccc1Cl)[C@H]1CC=C[C@@H]21. The predicted molar refractivity (Wildman–Crippen MR) is 94.0 cm³/mol. The van der Waals surface area contributed by atoms with E-state index in [2.05, 4.69) is 42.6 Å². The normalized spacial score (nSPS) is 25.5. The fourth-order valence-corrected chi connectivity index (χ4v) is 4.41. The molecule has 1 nitrogen and oxygen atoms in total. The van der Waals surface area contributed by atoms with Crippen LogP contribution in [-0.4, -0.2) is 0 Å². The Morgan fingerprint density at radius 2 is 1.91 bits per heavy atom. The van der Waals surface area contributed by atoms with Gasteiger partial charge in [-0.1, -0.05) is 53.6 Å². The van der Waals surface area contributed by atoms with Crippen molar-refractivity contribution < 1.29 is 0 Å². The summed E-state index contributed by atoms with van der Waals surface area (Å²) in [6.07, 6.45) is 5.68. The lowest BCUT2D eigenvalue weighted by molar-refractivity contribution is 0.425. The van der Waals surface area contributed by atoms with Gasteiger partial charge in [0.05, 0.1) is 6.04 Å². The summed E-state index contributed by atoms with van der Waals surface area (Å²) in [6.45, 7) is 2.11. The zero-order valence-corrected chi connectivity index (χ0v) is 13.8. The molecule has 0 amide bonds. The number of aryl methyl sites for hydroxylation is 1. The lowest BCUT2D eigenvalue weighted by Gasteiger charge is -2.38. The number of anilines is 1. The number of rotatable bonds is 1. The van der Waals surface area contributed by atoms with Crippen molar-refractivity contribution in [2.75, 3.05) is 5.32 Å². The van der Waals surface area contributed by atoms with Gasteiger partial charge in [0.2, 0.25) is 0 Å². The van der Waals surface area contributed by atoms with Crippen LogP contribution in [0.3, 0.4) is 0 Å². The van der Waals surface area contributed by atoms with Gasteiger partial charge in [-0.3, -0.25) is 0 Å². The smallest absolute Gasteiger partial charge is 0.0568 e. The largest absolute Gasteiger partial charge is 0.377 e. The topological polar surface area (TPSA) is 12.0 Å². The Hall–Kier alpha value is -1.44. The lowest BCUT2D eigenvalue weighted by Crippen LogP contribution is -2.29. The Morgan fingerprint density at radius 3 is 2.73 bits per heavy atom. The summed E-state index contributed by atoms with van der Waals surface area (Å²) >= 11 is 12.7. The summed E-state index contributed by atoms with van der Waals surface area (Å²) in [6, 6.07) is 12.5. The van der Waals surface area contributed by atoms with Crippen LogP contribution in [0.15, 0.2) is 48.6 Å². The van der Waals surface area contributed by atoms with Gasteiger partial charge < -0.3 is 5.32 Å². The van der Waals surface area contributed by atoms with Crippen molar-refractivity contribution in [3.8, 4) is 0 Å². The van der Waals surface area contributed by atoms with Gasteiger partial charge in [0.15, 0.2) is 0 Å². The maximum absolute atomic E-state index is 6.46. The van der Waals surface area contributed by atoms with Crippen molar-refractivity contribution >= 4 is 28.9 Å². The second-order valence-corrected chi connectivity index (χ2v) is 7.03. The molecular formula is C19H17Cl2N. The average molecular weight is 330 g/mol. The molecule has 1 N–H and O–H groups in total. The minimum atomic E-state index is 0.237. The summed E-state index contributed by atoms with van der Waals surface area (Å²) in [7, 11) is 0. The van der Waals surface area contributed by atoms with Crippen LogP contribution in [0.1, 0.15) is 35.1 Å². The third kappa shape index (κ3) is 2.15. The molecule has 0 saturated heterocycles. The summed E-state index contributed by atoms with van der Waals surface area (Å²) in [5.74, 6) is 0.903. The van der Waals surface area contributed by atoms with Crippen molar-refractivity contribution in [2.24, 2.45) is 5.92 Å². The van der Waals surface area contributed by atoms with Crippen molar-refractivity contribution in [3.63, 3.8) is 0 Å². The highest BCUT2D eigenvalue weighted by Crippen LogP contribution is 2.51. The predicted octanol–water partition coefficient (Wildman–Crippen LogP) is 6.13.